The van der Waals surface area contributed by atoms with Crippen molar-refractivity contribution in [2.45, 2.75) is 17.6 Å². The third kappa shape index (κ3) is 3.53. The number of ether oxygens (including phenoxy) is 1. The Kier molecular flexibility index (Phi) is 4.72. The van der Waals surface area contributed by atoms with Crippen molar-refractivity contribution < 1.29 is 4.74 Å². The first-order chi connectivity index (χ1) is 8.69. The summed E-state index contributed by atoms with van der Waals surface area (Å²) < 4.78 is 6.31. The molecule has 0 heterocycles. The van der Waals surface area contributed by atoms with Crippen molar-refractivity contribution >= 4 is 27.7 Å². The van der Waals surface area contributed by atoms with Crippen LogP contribution in [0.15, 0.2) is 51.8 Å². The Bertz CT molecular complexity index is 523. The molecular weight excluding hydrogens is 308 g/mol. The number of rotatable bonds is 4. The topological polar surface area (TPSA) is 9.23 Å². The average molecular weight is 323 g/mol. The van der Waals surface area contributed by atoms with Crippen molar-refractivity contribution in [1.82, 2.24) is 0 Å². The lowest BCUT2D eigenvalue weighted by molar-refractivity contribution is 0.414. The summed E-state index contributed by atoms with van der Waals surface area (Å²) in [7, 11) is 1.69. The van der Waals surface area contributed by atoms with E-state index in [1.54, 1.807) is 7.11 Å². The highest BCUT2D eigenvalue weighted by molar-refractivity contribution is 9.10. The SMILES string of the molecule is COc1ccc(CSc2ccc(Br)c(C)c2)cc1. The Balaban J connectivity index is 1.99. The predicted molar refractivity (Wildman–Crippen MR) is 81.4 cm³/mol. The summed E-state index contributed by atoms with van der Waals surface area (Å²) >= 11 is 5.37. The van der Waals surface area contributed by atoms with E-state index in [2.05, 4.69) is 53.2 Å². The van der Waals surface area contributed by atoms with E-state index >= 15 is 0 Å². The lowest BCUT2D eigenvalue weighted by atomic mass is 10.2. The van der Waals surface area contributed by atoms with E-state index in [0.29, 0.717) is 0 Å². The molecule has 0 aliphatic carbocycles. The Morgan fingerprint density at radius 3 is 2.44 bits per heavy atom. The van der Waals surface area contributed by atoms with Gasteiger partial charge in [-0.3, -0.25) is 0 Å². The van der Waals surface area contributed by atoms with E-state index in [9.17, 15) is 0 Å². The maximum absolute atomic E-state index is 5.15. The van der Waals surface area contributed by atoms with Crippen LogP contribution >= 0.6 is 27.7 Å². The van der Waals surface area contributed by atoms with Crippen LogP contribution in [0.5, 0.6) is 5.75 Å². The molecular formula is C15H15BrOS. The van der Waals surface area contributed by atoms with Gasteiger partial charge in [0.2, 0.25) is 0 Å². The zero-order valence-electron chi connectivity index (χ0n) is 10.4. The van der Waals surface area contributed by atoms with Gasteiger partial charge in [0.15, 0.2) is 0 Å². The van der Waals surface area contributed by atoms with Gasteiger partial charge in [-0.05, 0) is 48.4 Å². The molecule has 1 nitrogen and oxygen atoms in total. The van der Waals surface area contributed by atoms with Crippen molar-refractivity contribution in [3.63, 3.8) is 0 Å². The molecule has 0 fully saturated rings. The van der Waals surface area contributed by atoms with Gasteiger partial charge in [-0.2, -0.15) is 0 Å². The number of hydrogen-bond donors (Lipinski definition) is 0. The number of aryl methyl sites for hydroxylation is 1. The van der Waals surface area contributed by atoms with Crippen LogP contribution < -0.4 is 4.74 Å². The normalized spacial score (nSPS) is 10.4. The molecule has 2 rings (SSSR count). The molecule has 0 saturated heterocycles. The zero-order chi connectivity index (χ0) is 13.0. The standard InChI is InChI=1S/C15H15BrOS/c1-11-9-14(7-8-15(11)16)18-10-12-3-5-13(17-2)6-4-12/h3-9H,10H2,1-2H3. The number of halogens is 1. The third-order valence-corrected chi connectivity index (χ3v) is 4.65. The van der Waals surface area contributed by atoms with Gasteiger partial charge in [0.1, 0.15) is 5.75 Å². The quantitative estimate of drug-likeness (QED) is 0.728. The molecule has 0 bridgehead atoms. The molecule has 0 radical (unpaired) electrons. The minimum Gasteiger partial charge on any atom is -0.497 e. The Morgan fingerprint density at radius 1 is 1.11 bits per heavy atom. The van der Waals surface area contributed by atoms with Crippen molar-refractivity contribution in [3.8, 4) is 5.75 Å². The smallest absolute Gasteiger partial charge is 0.118 e. The number of methoxy groups -OCH3 is 1. The molecule has 0 N–H and O–H groups in total. The maximum Gasteiger partial charge on any atom is 0.118 e. The molecule has 0 unspecified atom stereocenters. The monoisotopic (exact) mass is 322 g/mol. The van der Waals surface area contributed by atoms with Gasteiger partial charge in [-0.25, -0.2) is 0 Å². The highest BCUT2D eigenvalue weighted by Gasteiger charge is 2.00. The largest absolute Gasteiger partial charge is 0.497 e. The fourth-order valence-corrected chi connectivity index (χ4v) is 2.79. The van der Waals surface area contributed by atoms with E-state index in [1.165, 1.54) is 16.0 Å². The van der Waals surface area contributed by atoms with E-state index in [4.69, 9.17) is 4.74 Å². The molecule has 0 saturated carbocycles. The van der Waals surface area contributed by atoms with Crippen LogP contribution in [0.1, 0.15) is 11.1 Å². The van der Waals surface area contributed by atoms with Gasteiger partial charge in [0.05, 0.1) is 7.11 Å². The molecule has 0 aromatic heterocycles. The fraction of sp³-hybridized carbons (Fsp3) is 0.200. The van der Waals surface area contributed by atoms with Crippen LogP contribution in [-0.4, -0.2) is 7.11 Å². The van der Waals surface area contributed by atoms with Gasteiger partial charge in [-0.15, -0.1) is 11.8 Å². The average Bonchev–Trinajstić information content (AvgIpc) is 2.41. The molecule has 3 heteroatoms. The number of benzene rings is 2. The van der Waals surface area contributed by atoms with Gasteiger partial charge < -0.3 is 4.74 Å². The van der Waals surface area contributed by atoms with Gasteiger partial charge in [-0.1, -0.05) is 28.1 Å². The van der Waals surface area contributed by atoms with Crippen LogP contribution in [0, 0.1) is 6.92 Å². The van der Waals surface area contributed by atoms with E-state index in [1.807, 2.05) is 23.9 Å². The molecule has 0 spiro atoms. The maximum atomic E-state index is 5.15. The van der Waals surface area contributed by atoms with Crippen molar-refractivity contribution in [1.29, 1.82) is 0 Å². The summed E-state index contributed by atoms with van der Waals surface area (Å²) in [6, 6.07) is 14.7. The Labute approximate surface area is 121 Å². The summed E-state index contributed by atoms with van der Waals surface area (Å²) in [5.41, 5.74) is 2.58. The molecule has 2 aromatic rings. The minimum absolute atomic E-state index is 0.906. The molecule has 2 aromatic carbocycles. The van der Waals surface area contributed by atoms with Gasteiger partial charge >= 0.3 is 0 Å². The first kappa shape index (κ1) is 13.5. The molecule has 0 aliphatic heterocycles. The predicted octanol–water partition coefficient (Wildman–Crippen LogP) is 5.06. The second-order valence-corrected chi connectivity index (χ2v) is 5.95. The lowest BCUT2D eigenvalue weighted by Crippen LogP contribution is -1.85. The molecule has 0 aliphatic rings. The molecule has 0 amide bonds. The number of hydrogen-bond acceptors (Lipinski definition) is 2. The van der Waals surface area contributed by atoms with E-state index < -0.39 is 0 Å². The van der Waals surface area contributed by atoms with Crippen LogP contribution in [0.4, 0.5) is 0 Å². The van der Waals surface area contributed by atoms with Crippen molar-refractivity contribution in [3.05, 3.63) is 58.1 Å². The van der Waals surface area contributed by atoms with Crippen LogP contribution in [0.2, 0.25) is 0 Å². The summed E-state index contributed by atoms with van der Waals surface area (Å²) in [6.07, 6.45) is 0. The first-order valence-corrected chi connectivity index (χ1v) is 7.49. The second-order valence-electron chi connectivity index (χ2n) is 4.05. The number of thioether (sulfide) groups is 1. The Hall–Kier alpha value is -0.930. The summed E-state index contributed by atoms with van der Waals surface area (Å²) in [5.74, 6) is 1.88. The zero-order valence-corrected chi connectivity index (χ0v) is 12.8. The molecule has 0 atom stereocenters. The summed E-state index contributed by atoms with van der Waals surface area (Å²) in [5, 5.41) is 0. The first-order valence-electron chi connectivity index (χ1n) is 5.71. The fourth-order valence-electron chi connectivity index (χ4n) is 1.60. The van der Waals surface area contributed by atoms with Crippen LogP contribution in [0.3, 0.4) is 0 Å². The Morgan fingerprint density at radius 2 is 1.83 bits per heavy atom. The van der Waals surface area contributed by atoms with E-state index in [-0.39, 0.29) is 0 Å². The van der Waals surface area contributed by atoms with Crippen LogP contribution in [-0.2, 0) is 5.75 Å². The highest BCUT2D eigenvalue weighted by Crippen LogP contribution is 2.27. The van der Waals surface area contributed by atoms with Crippen molar-refractivity contribution in [2.75, 3.05) is 7.11 Å². The van der Waals surface area contributed by atoms with Crippen LogP contribution in [0.25, 0.3) is 0 Å². The van der Waals surface area contributed by atoms with Crippen molar-refractivity contribution in [2.24, 2.45) is 0 Å². The minimum atomic E-state index is 0.906. The lowest BCUT2D eigenvalue weighted by Gasteiger charge is -2.05. The third-order valence-electron chi connectivity index (χ3n) is 2.69. The second kappa shape index (κ2) is 6.30. The molecule has 18 heavy (non-hydrogen) atoms. The van der Waals surface area contributed by atoms with Gasteiger partial charge in [0.25, 0.3) is 0 Å². The van der Waals surface area contributed by atoms with Gasteiger partial charge in [0, 0.05) is 15.1 Å². The van der Waals surface area contributed by atoms with E-state index in [0.717, 1.165) is 16.0 Å². The summed E-state index contributed by atoms with van der Waals surface area (Å²) in [4.78, 5) is 1.30. The molecule has 94 valence electrons. The summed E-state index contributed by atoms with van der Waals surface area (Å²) in [6.45, 7) is 2.11. The highest BCUT2D eigenvalue weighted by atomic mass is 79.9.